The molecule has 3 aromatic rings. The van der Waals surface area contributed by atoms with E-state index in [0.29, 0.717) is 25.1 Å². The highest BCUT2D eigenvalue weighted by molar-refractivity contribution is 5.95. The van der Waals surface area contributed by atoms with Crippen LogP contribution in [-0.2, 0) is 13.5 Å². The van der Waals surface area contributed by atoms with Crippen molar-refractivity contribution in [2.75, 3.05) is 31.1 Å². The molecule has 0 aromatic carbocycles. The van der Waals surface area contributed by atoms with Gasteiger partial charge in [-0.15, -0.1) is 0 Å². The summed E-state index contributed by atoms with van der Waals surface area (Å²) in [4.78, 5) is 26.0. The van der Waals surface area contributed by atoms with Gasteiger partial charge in [-0.1, -0.05) is 13.0 Å². The van der Waals surface area contributed by atoms with Crippen LogP contribution in [0.4, 0.5) is 5.95 Å². The molecule has 0 saturated carbocycles. The minimum Gasteiger partial charge on any atom is -0.339 e. The van der Waals surface area contributed by atoms with E-state index in [1.54, 1.807) is 23.3 Å². The number of hydrogen-bond donors (Lipinski definition) is 0. The maximum atomic E-state index is 13.1. The van der Waals surface area contributed by atoms with Crippen LogP contribution in [0.25, 0.3) is 5.82 Å². The molecule has 0 unspecified atom stereocenters. The second kappa shape index (κ2) is 7.22. The molecule has 0 bridgehead atoms. The van der Waals surface area contributed by atoms with Gasteiger partial charge >= 0.3 is 0 Å². The summed E-state index contributed by atoms with van der Waals surface area (Å²) < 4.78 is 3.76. The largest absolute Gasteiger partial charge is 0.339 e. The van der Waals surface area contributed by atoms with Crippen molar-refractivity contribution < 1.29 is 4.79 Å². The number of hydrogen-bond acceptors (Lipinski definition) is 5. The highest BCUT2D eigenvalue weighted by Gasteiger charge is 2.27. The van der Waals surface area contributed by atoms with Crippen molar-refractivity contribution in [2.45, 2.75) is 13.3 Å². The Labute approximate surface area is 158 Å². The normalized spacial score (nSPS) is 14.6. The molecular weight excluding hydrogens is 342 g/mol. The van der Waals surface area contributed by atoms with Crippen molar-refractivity contribution in [1.29, 1.82) is 0 Å². The number of anilines is 1. The van der Waals surface area contributed by atoms with Crippen LogP contribution in [-0.4, -0.2) is 61.3 Å². The molecule has 0 atom stereocenters. The Balaban J connectivity index is 1.51. The maximum absolute atomic E-state index is 13.1. The van der Waals surface area contributed by atoms with E-state index in [2.05, 4.69) is 20.0 Å². The van der Waals surface area contributed by atoms with E-state index < -0.39 is 0 Å². The first-order chi connectivity index (χ1) is 13.2. The van der Waals surface area contributed by atoms with Crippen LogP contribution in [0.15, 0.2) is 43.0 Å². The second-order valence-corrected chi connectivity index (χ2v) is 6.58. The van der Waals surface area contributed by atoms with Gasteiger partial charge in [0.2, 0.25) is 5.95 Å². The van der Waals surface area contributed by atoms with E-state index in [4.69, 9.17) is 0 Å². The lowest BCUT2D eigenvalue weighted by Crippen LogP contribution is -2.49. The molecule has 0 spiro atoms. The second-order valence-electron chi connectivity index (χ2n) is 6.58. The van der Waals surface area contributed by atoms with Gasteiger partial charge in [-0.25, -0.2) is 14.6 Å². The summed E-state index contributed by atoms with van der Waals surface area (Å²) in [6.07, 6.45) is 7.85. The predicted octanol–water partition coefficient (Wildman–Crippen LogP) is 1.53. The zero-order chi connectivity index (χ0) is 18.8. The standard InChI is InChI=1S/C19H23N7O/c1-3-16-15(14-22-26(16)17-6-4-5-7-20-17)18(27)24-10-12-25(13-11-24)19-21-8-9-23(19)2/h4-9,14H,3,10-13H2,1-2H3. The van der Waals surface area contributed by atoms with E-state index in [1.807, 2.05) is 47.8 Å². The molecule has 4 rings (SSSR count). The number of nitrogens with zero attached hydrogens (tertiary/aromatic N) is 7. The lowest BCUT2D eigenvalue weighted by atomic mass is 10.1. The zero-order valence-corrected chi connectivity index (χ0v) is 15.6. The van der Waals surface area contributed by atoms with Crippen LogP contribution >= 0.6 is 0 Å². The van der Waals surface area contributed by atoms with E-state index >= 15 is 0 Å². The fourth-order valence-corrected chi connectivity index (χ4v) is 3.51. The number of pyridine rings is 1. The quantitative estimate of drug-likeness (QED) is 0.701. The molecule has 4 heterocycles. The van der Waals surface area contributed by atoms with Crippen molar-refractivity contribution in [3.05, 3.63) is 54.2 Å². The molecule has 1 fully saturated rings. The molecule has 0 radical (unpaired) electrons. The van der Waals surface area contributed by atoms with Gasteiger partial charge in [0.05, 0.1) is 17.5 Å². The van der Waals surface area contributed by atoms with Gasteiger partial charge in [0.25, 0.3) is 5.91 Å². The maximum Gasteiger partial charge on any atom is 0.257 e. The van der Waals surface area contributed by atoms with Crippen molar-refractivity contribution in [2.24, 2.45) is 7.05 Å². The first-order valence-electron chi connectivity index (χ1n) is 9.19. The lowest BCUT2D eigenvalue weighted by molar-refractivity contribution is 0.0745. The van der Waals surface area contributed by atoms with Gasteiger partial charge in [0.15, 0.2) is 5.82 Å². The number of imidazole rings is 1. The van der Waals surface area contributed by atoms with Crippen LogP contribution in [0.2, 0.25) is 0 Å². The third kappa shape index (κ3) is 3.18. The Morgan fingerprint density at radius 2 is 1.93 bits per heavy atom. The monoisotopic (exact) mass is 365 g/mol. The summed E-state index contributed by atoms with van der Waals surface area (Å²) in [6, 6.07) is 5.68. The number of carbonyl (C=O) groups excluding carboxylic acids is 1. The van der Waals surface area contributed by atoms with E-state index in [1.165, 1.54) is 0 Å². The van der Waals surface area contributed by atoms with E-state index in [0.717, 1.165) is 30.5 Å². The summed E-state index contributed by atoms with van der Waals surface area (Å²) in [5.41, 5.74) is 1.55. The Morgan fingerprint density at radius 1 is 1.11 bits per heavy atom. The molecule has 1 aliphatic heterocycles. The summed E-state index contributed by atoms with van der Waals surface area (Å²) in [6.45, 7) is 4.92. The predicted molar refractivity (Wildman–Crippen MR) is 102 cm³/mol. The summed E-state index contributed by atoms with van der Waals surface area (Å²) in [7, 11) is 1.99. The highest BCUT2D eigenvalue weighted by Crippen LogP contribution is 2.19. The van der Waals surface area contributed by atoms with Gasteiger partial charge < -0.3 is 14.4 Å². The molecule has 3 aromatic heterocycles. The Morgan fingerprint density at radius 3 is 2.56 bits per heavy atom. The van der Waals surface area contributed by atoms with Crippen LogP contribution in [0.5, 0.6) is 0 Å². The smallest absolute Gasteiger partial charge is 0.257 e. The van der Waals surface area contributed by atoms with Gasteiger partial charge in [-0.3, -0.25) is 4.79 Å². The van der Waals surface area contributed by atoms with Gasteiger partial charge in [-0.05, 0) is 18.6 Å². The molecule has 0 N–H and O–H groups in total. The number of amides is 1. The first kappa shape index (κ1) is 17.3. The van der Waals surface area contributed by atoms with Crippen molar-refractivity contribution in [3.8, 4) is 5.82 Å². The molecule has 8 heteroatoms. The molecule has 0 aliphatic carbocycles. The summed E-state index contributed by atoms with van der Waals surface area (Å²) in [5, 5.41) is 4.42. The number of rotatable bonds is 4. The van der Waals surface area contributed by atoms with Crippen LogP contribution < -0.4 is 4.90 Å². The minimum absolute atomic E-state index is 0.0357. The minimum atomic E-state index is 0.0357. The molecule has 8 nitrogen and oxygen atoms in total. The Kier molecular flexibility index (Phi) is 4.62. The molecular formula is C19H23N7O. The van der Waals surface area contributed by atoms with Gasteiger partial charge in [0, 0.05) is 51.8 Å². The average Bonchev–Trinajstić information content (AvgIpc) is 3.34. The molecule has 140 valence electrons. The van der Waals surface area contributed by atoms with Crippen molar-refractivity contribution >= 4 is 11.9 Å². The lowest BCUT2D eigenvalue weighted by Gasteiger charge is -2.35. The number of aryl methyl sites for hydroxylation is 1. The fourth-order valence-electron chi connectivity index (χ4n) is 3.51. The van der Waals surface area contributed by atoms with Crippen LogP contribution in [0.1, 0.15) is 23.0 Å². The summed E-state index contributed by atoms with van der Waals surface area (Å²) >= 11 is 0. The van der Waals surface area contributed by atoms with Crippen molar-refractivity contribution in [1.82, 2.24) is 29.2 Å². The van der Waals surface area contributed by atoms with Gasteiger partial charge in [-0.2, -0.15) is 5.10 Å². The Bertz CT molecular complexity index is 923. The first-order valence-corrected chi connectivity index (χ1v) is 9.19. The highest BCUT2D eigenvalue weighted by atomic mass is 16.2. The Hall–Kier alpha value is -3.16. The molecule has 1 aliphatic rings. The average molecular weight is 365 g/mol. The van der Waals surface area contributed by atoms with Crippen LogP contribution in [0.3, 0.4) is 0 Å². The third-order valence-electron chi connectivity index (χ3n) is 4.95. The van der Waals surface area contributed by atoms with E-state index in [9.17, 15) is 4.79 Å². The molecule has 1 amide bonds. The summed E-state index contributed by atoms with van der Waals surface area (Å²) in [5.74, 6) is 1.71. The van der Waals surface area contributed by atoms with Crippen molar-refractivity contribution in [3.63, 3.8) is 0 Å². The number of aromatic nitrogens is 5. The third-order valence-corrected chi connectivity index (χ3v) is 4.95. The van der Waals surface area contributed by atoms with E-state index in [-0.39, 0.29) is 5.91 Å². The SMILES string of the molecule is CCc1c(C(=O)N2CCN(c3nccn3C)CC2)cnn1-c1ccccn1. The fraction of sp³-hybridized carbons (Fsp3) is 0.368. The zero-order valence-electron chi connectivity index (χ0n) is 15.6. The number of piperazine rings is 1. The van der Waals surface area contributed by atoms with Gasteiger partial charge in [0.1, 0.15) is 0 Å². The van der Waals surface area contributed by atoms with Crippen LogP contribution in [0, 0.1) is 0 Å². The molecule has 1 saturated heterocycles. The molecule has 27 heavy (non-hydrogen) atoms. The number of carbonyl (C=O) groups is 1. The topological polar surface area (TPSA) is 72.1 Å².